The summed E-state index contributed by atoms with van der Waals surface area (Å²) in [7, 11) is -16.7. The number of benzene rings is 7. The number of carbonyl (C=O) groups excluding carboxylic acids is 2. The number of sulfonamides is 5. The molecular formula is C94H107F3N26O12S12. The first-order valence-electron chi connectivity index (χ1n) is 46.2. The molecule has 147 heavy (non-hydrogen) atoms. The first-order valence-corrected chi connectivity index (χ1v) is 57.6. The summed E-state index contributed by atoms with van der Waals surface area (Å²) < 4.78 is 173. The second kappa shape index (κ2) is 50.6. The van der Waals surface area contributed by atoms with Crippen molar-refractivity contribution in [3.05, 3.63) is 237 Å². The Morgan fingerprint density at radius 1 is 0.395 bits per heavy atom. The SMILES string of the molecule is CC(=O)NS(=O)(=O)c1ccc(CC(=S)N2CCN(c3ncnc4cc(C)ccc34)CC2)cc1.CC(=O)NS(=O)(=O)c1ccc(Nc2ncnc3cc(C(F)(F)F)ccc23)cc1.CCc1nnc(NS(=O)(=O)c2ccc(CC(=S)N3CCN(C)CC3)cc2)s1.CCc1nnc(NS(=O)(=O)c2ccc(CC(=S)N3CCN(c4cc(C)ncn4)CC3)cc2)s1.CCc1nnc(NS(=O)(=O)c2ccc(CC(=S)N3CCNCC3)cc2)s1. The molecule has 0 saturated carbocycles. The van der Waals surface area contributed by atoms with E-state index in [-0.39, 0.29) is 51.2 Å². The molecule has 7 aromatic carbocycles. The molecule has 10 heterocycles. The molecule has 0 atom stereocenters. The van der Waals surface area contributed by atoms with E-state index in [1.807, 2.05) is 55.3 Å². The van der Waals surface area contributed by atoms with Crippen molar-refractivity contribution in [1.82, 2.24) is 99.8 Å². The minimum Gasteiger partial charge on any atom is -0.363 e. The van der Waals surface area contributed by atoms with E-state index < -0.39 is 73.7 Å². The highest BCUT2D eigenvalue weighted by Crippen LogP contribution is 2.35. The molecule has 6 aromatic heterocycles. The van der Waals surface area contributed by atoms with Crippen LogP contribution in [0.3, 0.4) is 0 Å². The highest BCUT2D eigenvalue weighted by Gasteiger charge is 2.33. The standard InChI is InChI=1S/C23H25N5O3S2.C21H25N7O2S3.C17H13F3N4O3S.C17H23N5O2S3.C16H21N5O2S3/c1-16-3-8-20-21(13-16)24-15-25-23(20)28-11-9-27(10-12-28)22(32)14-18-4-6-19(7-5-18)33(30,31)26-17(2)29;1-3-19-24-25-21(32-19)26-33(29,30)17-6-4-16(5-7-17)13-20(31)28-10-8-27(9-11-28)18-12-15(2)22-14-23-18;1-10(25)24-28(26,27)13-5-3-12(4-6-13)23-16-14-7-2-11(17(18,19)20)8-15(14)21-9-22-16;1-3-15-18-19-17(26-15)20-27(23,24)14-6-4-13(5-7-14)12-16(25)22-10-8-21(2)9-11-22;1-2-14-18-19-16(25-14)20-26(22,23)13-5-3-12(4-6-13)11-15(24)21-9-7-17-8-10-21/h3-8,13,15H,9-12,14H2,1-2H3,(H,26,29);4-7,12,14H,3,8-11,13H2,1-2H3,(H,25,26);2-9H,1H3,(H,24,25)(H,21,22,23);4-7H,3,8-12H2,1-2H3,(H,19,20);3-6,17H,2,7-11H2,1H3,(H,19,20). The van der Waals surface area contributed by atoms with Crippen LogP contribution in [0.25, 0.3) is 21.8 Å². The Hall–Kier alpha value is -12.3. The van der Waals surface area contributed by atoms with Crippen molar-refractivity contribution in [3.63, 3.8) is 0 Å². The average molecular weight is 2230 g/mol. The fraction of sp³-hybridized carbons (Fsp3) is 0.340. The van der Waals surface area contributed by atoms with E-state index in [1.165, 1.54) is 82.0 Å². The predicted octanol–water partition coefficient (Wildman–Crippen LogP) is 12.1. The minimum absolute atomic E-state index is 0.0493. The van der Waals surface area contributed by atoms with Gasteiger partial charge in [-0.25, -0.2) is 81.4 Å². The Labute approximate surface area is 884 Å². The minimum atomic E-state index is -4.48. The maximum absolute atomic E-state index is 12.8. The van der Waals surface area contributed by atoms with E-state index in [1.54, 1.807) is 85.5 Å². The van der Waals surface area contributed by atoms with Crippen LogP contribution >= 0.6 is 82.9 Å². The van der Waals surface area contributed by atoms with Crippen LogP contribution < -0.4 is 44.0 Å². The molecule has 0 spiro atoms. The largest absolute Gasteiger partial charge is 0.416 e. The molecule has 2 amide bonds. The first-order chi connectivity index (χ1) is 70.0. The van der Waals surface area contributed by atoms with E-state index in [4.69, 9.17) is 48.9 Å². The zero-order chi connectivity index (χ0) is 106. The van der Waals surface area contributed by atoms with E-state index >= 15 is 0 Å². The summed E-state index contributed by atoms with van der Waals surface area (Å²) in [6.07, 6.45) is 4.43. The van der Waals surface area contributed by atoms with Crippen molar-refractivity contribution in [2.75, 3.05) is 141 Å². The van der Waals surface area contributed by atoms with Gasteiger partial charge in [0, 0.05) is 172 Å². The van der Waals surface area contributed by atoms with Crippen molar-refractivity contribution < 1.29 is 64.8 Å². The number of thiocarbonyl (C=S) groups is 4. The Morgan fingerprint density at radius 3 is 1.13 bits per heavy atom. The number of piperazine rings is 4. The molecule has 4 saturated heterocycles. The van der Waals surface area contributed by atoms with Crippen LogP contribution in [0.2, 0.25) is 0 Å². The monoisotopic (exact) mass is 2230 g/mol. The number of aromatic nitrogens is 12. The van der Waals surface area contributed by atoms with Gasteiger partial charge in [0.1, 0.15) is 51.5 Å². The third kappa shape index (κ3) is 31.9. The number of amides is 2. The zero-order valence-electron chi connectivity index (χ0n) is 81.0. The number of fused-ring (bicyclic) bond motifs is 2. The molecule has 38 nitrogen and oxygen atoms in total. The highest BCUT2D eigenvalue weighted by molar-refractivity contribution is 7.93. The lowest BCUT2D eigenvalue weighted by atomic mass is 10.1. The maximum Gasteiger partial charge on any atom is 0.416 e. The molecule has 778 valence electrons. The van der Waals surface area contributed by atoms with E-state index in [0.717, 1.165) is 235 Å². The molecule has 13 aromatic rings. The molecule has 0 bridgehead atoms. The number of nitrogens with one attached hydrogen (secondary N) is 7. The number of anilines is 7. The zero-order valence-corrected chi connectivity index (χ0v) is 90.8. The number of hydrogen-bond donors (Lipinski definition) is 7. The molecular weight excluding hydrogens is 2130 g/mol. The third-order valence-electron chi connectivity index (χ3n) is 23.1. The lowest BCUT2D eigenvalue weighted by molar-refractivity contribution is -0.137. The molecule has 0 aliphatic carbocycles. The van der Waals surface area contributed by atoms with Gasteiger partial charge in [0.15, 0.2) is 0 Å². The summed E-state index contributed by atoms with van der Waals surface area (Å²) in [5.74, 6) is 0.813. The van der Waals surface area contributed by atoms with Crippen molar-refractivity contribution in [2.24, 2.45) is 0 Å². The number of rotatable bonds is 28. The third-order valence-corrected chi connectivity index (χ3v) is 35.0. The highest BCUT2D eigenvalue weighted by atomic mass is 32.2. The number of likely N-dealkylation sites (N-methyl/N-ethyl adjacent to an activating group) is 1. The first kappa shape index (κ1) is 112. The van der Waals surface area contributed by atoms with Crippen LogP contribution in [0.1, 0.15) is 88.7 Å². The summed E-state index contributed by atoms with van der Waals surface area (Å²) in [5, 5.41) is 34.2. The molecule has 4 aliphatic rings. The quantitative estimate of drug-likeness (QED) is 0.0224. The smallest absolute Gasteiger partial charge is 0.363 e. The average Bonchev–Trinajstić information content (AvgIpc) is 1.17. The molecule has 0 unspecified atom stereocenters. The molecule has 53 heteroatoms. The van der Waals surface area contributed by atoms with Gasteiger partial charge in [0.2, 0.25) is 27.2 Å². The van der Waals surface area contributed by atoms with Gasteiger partial charge in [-0.15, -0.1) is 30.6 Å². The van der Waals surface area contributed by atoms with Gasteiger partial charge < -0.3 is 44.9 Å². The second-order valence-corrected chi connectivity index (χ2v) is 47.4. The Bertz CT molecular complexity index is 7450. The fourth-order valence-corrected chi connectivity index (χ4v) is 24.3. The summed E-state index contributed by atoms with van der Waals surface area (Å²) >= 11 is 26.2. The Morgan fingerprint density at radius 2 is 0.748 bits per heavy atom. The van der Waals surface area contributed by atoms with Gasteiger partial charge in [0.25, 0.3) is 50.1 Å². The van der Waals surface area contributed by atoms with Gasteiger partial charge in [-0.2, -0.15) is 13.2 Å². The lowest BCUT2D eigenvalue weighted by Crippen LogP contribution is -2.49. The van der Waals surface area contributed by atoms with Gasteiger partial charge in [-0.3, -0.25) is 23.8 Å². The molecule has 7 N–H and O–H groups in total. The topological polar surface area (TPSA) is 466 Å². The summed E-state index contributed by atoms with van der Waals surface area (Å²) in [6, 6.07) is 43.6. The Balaban J connectivity index is 0.000000154. The molecule has 4 aliphatic heterocycles. The summed E-state index contributed by atoms with van der Waals surface area (Å²) in [6.45, 7) is 26.2. The van der Waals surface area contributed by atoms with Gasteiger partial charge in [-0.1, -0.05) is 158 Å². The number of alkyl halides is 3. The summed E-state index contributed by atoms with van der Waals surface area (Å²) in [4.78, 5) is 66.9. The number of carbonyl (C=O) groups is 2. The molecule has 0 radical (unpaired) electrons. The van der Waals surface area contributed by atoms with E-state index in [9.17, 15) is 64.8 Å². The lowest BCUT2D eigenvalue weighted by Gasteiger charge is -2.37. The van der Waals surface area contributed by atoms with Crippen molar-refractivity contribution in [2.45, 2.75) is 124 Å². The number of nitrogens with zero attached hydrogens (tertiary/aromatic N) is 19. The molecule has 4 fully saturated rings. The fourth-order valence-electron chi connectivity index (χ4n) is 15.2. The van der Waals surface area contributed by atoms with Crippen molar-refractivity contribution >= 4 is 225 Å². The second-order valence-electron chi connectivity index (χ2n) is 33.9. The summed E-state index contributed by atoms with van der Waals surface area (Å²) in [5.41, 5.74) is 6.69. The predicted molar refractivity (Wildman–Crippen MR) is 580 cm³/mol. The number of halogens is 3. The van der Waals surface area contributed by atoms with Crippen LogP contribution in [0.15, 0.2) is 207 Å². The number of hydrogen-bond acceptors (Lipinski definition) is 36. The van der Waals surface area contributed by atoms with Gasteiger partial charge >= 0.3 is 6.18 Å². The molecule has 17 rings (SSSR count). The van der Waals surface area contributed by atoms with Gasteiger partial charge in [-0.05, 0) is 171 Å². The van der Waals surface area contributed by atoms with Gasteiger partial charge in [0.05, 0.1) is 61.0 Å². The van der Waals surface area contributed by atoms with E-state index in [0.29, 0.717) is 43.2 Å². The van der Waals surface area contributed by atoms with Crippen LogP contribution in [-0.2, 0) is 111 Å². The van der Waals surface area contributed by atoms with Crippen molar-refractivity contribution in [3.8, 4) is 0 Å². The number of aryl methyl sites for hydroxylation is 5. The van der Waals surface area contributed by atoms with Crippen molar-refractivity contribution in [1.29, 1.82) is 0 Å². The van der Waals surface area contributed by atoms with Crippen LogP contribution in [0.4, 0.5) is 51.7 Å². The van der Waals surface area contributed by atoms with Crippen LogP contribution in [-0.4, -0.2) is 271 Å². The Kier molecular flexibility index (Phi) is 38.5. The maximum atomic E-state index is 12.8. The van der Waals surface area contributed by atoms with Crippen LogP contribution in [0, 0.1) is 13.8 Å². The van der Waals surface area contributed by atoms with Crippen LogP contribution in [0.5, 0.6) is 0 Å². The van der Waals surface area contributed by atoms with E-state index in [2.05, 4.69) is 152 Å². The normalized spacial score (nSPS) is 14.3.